The van der Waals surface area contributed by atoms with Gasteiger partial charge in [0.05, 0.1) is 12.0 Å². The SMILES string of the molecule is CCCC(C(=O)NC(C)c1ncc(CC)s1)/C(N)=N/O. The topological polar surface area (TPSA) is 101 Å². The number of amides is 1. The molecule has 20 heavy (non-hydrogen) atoms. The van der Waals surface area contributed by atoms with Crippen LogP contribution in [0.2, 0.25) is 0 Å². The van der Waals surface area contributed by atoms with E-state index in [2.05, 4.69) is 22.4 Å². The van der Waals surface area contributed by atoms with Crippen LogP contribution in [0.3, 0.4) is 0 Å². The van der Waals surface area contributed by atoms with Crippen LogP contribution in [0.4, 0.5) is 0 Å². The maximum absolute atomic E-state index is 12.2. The van der Waals surface area contributed by atoms with E-state index < -0.39 is 5.92 Å². The van der Waals surface area contributed by atoms with Gasteiger partial charge >= 0.3 is 0 Å². The van der Waals surface area contributed by atoms with Crippen molar-refractivity contribution in [2.45, 2.75) is 46.1 Å². The molecule has 0 aliphatic carbocycles. The first-order chi connectivity index (χ1) is 9.53. The van der Waals surface area contributed by atoms with Crippen LogP contribution in [0.1, 0.15) is 49.5 Å². The molecular formula is C13H22N4O2S. The molecule has 1 heterocycles. The summed E-state index contributed by atoms with van der Waals surface area (Å²) in [4.78, 5) is 17.7. The van der Waals surface area contributed by atoms with Crippen molar-refractivity contribution in [3.8, 4) is 0 Å². The molecule has 7 heteroatoms. The van der Waals surface area contributed by atoms with Crippen LogP contribution < -0.4 is 11.1 Å². The van der Waals surface area contributed by atoms with Crippen LogP contribution >= 0.6 is 11.3 Å². The Hall–Kier alpha value is -1.63. The summed E-state index contributed by atoms with van der Waals surface area (Å²) in [5, 5.41) is 15.4. The summed E-state index contributed by atoms with van der Waals surface area (Å²) in [5.74, 6) is -0.883. The standard InChI is InChI=1S/C13H22N4O2S/c1-4-6-10(11(14)17-19)12(18)16-8(3)13-15-7-9(5-2)20-13/h7-8,10,19H,4-6H2,1-3H3,(H2,14,17)(H,16,18). The van der Waals surface area contributed by atoms with Crippen molar-refractivity contribution in [3.63, 3.8) is 0 Å². The number of carbonyl (C=O) groups excluding carboxylic acids is 1. The third-order valence-electron chi connectivity index (χ3n) is 3.02. The number of nitrogens with two attached hydrogens (primary N) is 1. The minimum Gasteiger partial charge on any atom is -0.409 e. The summed E-state index contributed by atoms with van der Waals surface area (Å²) < 4.78 is 0. The van der Waals surface area contributed by atoms with Crippen molar-refractivity contribution in [2.75, 3.05) is 0 Å². The maximum atomic E-state index is 12.2. The third kappa shape index (κ3) is 4.19. The smallest absolute Gasteiger partial charge is 0.231 e. The number of carbonyl (C=O) groups is 1. The number of nitrogens with zero attached hydrogens (tertiary/aromatic N) is 2. The van der Waals surface area contributed by atoms with Gasteiger partial charge in [-0.05, 0) is 19.8 Å². The molecule has 1 aromatic rings. The predicted molar refractivity (Wildman–Crippen MR) is 79.9 cm³/mol. The predicted octanol–water partition coefficient (Wildman–Crippen LogP) is 2.05. The van der Waals surface area contributed by atoms with E-state index >= 15 is 0 Å². The monoisotopic (exact) mass is 298 g/mol. The Morgan fingerprint density at radius 3 is 2.80 bits per heavy atom. The van der Waals surface area contributed by atoms with Crippen LogP contribution in [0, 0.1) is 5.92 Å². The number of rotatable bonds is 7. The summed E-state index contributed by atoms with van der Waals surface area (Å²) in [6.07, 6.45) is 4.09. The van der Waals surface area contributed by atoms with Crippen LogP contribution in [0.25, 0.3) is 0 Å². The van der Waals surface area contributed by atoms with Crippen LogP contribution in [-0.4, -0.2) is 21.9 Å². The molecule has 0 saturated carbocycles. The fraction of sp³-hybridized carbons (Fsp3) is 0.615. The highest BCUT2D eigenvalue weighted by atomic mass is 32.1. The number of amidine groups is 1. The second-order valence-electron chi connectivity index (χ2n) is 4.61. The molecule has 0 fully saturated rings. The lowest BCUT2D eigenvalue weighted by Gasteiger charge is -2.17. The number of oxime groups is 1. The minimum atomic E-state index is -0.599. The number of thiazole rings is 1. The highest BCUT2D eigenvalue weighted by molar-refractivity contribution is 7.11. The fourth-order valence-corrected chi connectivity index (χ4v) is 2.69. The van der Waals surface area contributed by atoms with Gasteiger partial charge in [-0.25, -0.2) is 4.98 Å². The number of hydrogen-bond donors (Lipinski definition) is 3. The molecule has 4 N–H and O–H groups in total. The lowest BCUT2D eigenvalue weighted by atomic mass is 10.0. The molecule has 0 radical (unpaired) electrons. The summed E-state index contributed by atoms with van der Waals surface area (Å²) in [6.45, 7) is 5.89. The van der Waals surface area contributed by atoms with Gasteiger partial charge in [0, 0.05) is 11.1 Å². The fourth-order valence-electron chi connectivity index (χ4n) is 1.83. The molecule has 0 saturated heterocycles. The Balaban J connectivity index is 2.72. The number of aromatic nitrogens is 1. The molecule has 1 rings (SSSR count). The van der Waals surface area contributed by atoms with Crippen LogP contribution in [0.5, 0.6) is 0 Å². The van der Waals surface area contributed by atoms with Gasteiger partial charge in [0.15, 0.2) is 5.84 Å². The van der Waals surface area contributed by atoms with Crippen LogP contribution in [0.15, 0.2) is 11.4 Å². The van der Waals surface area contributed by atoms with Crippen LogP contribution in [-0.2, 0) is 11.2 Å². The lowest BCUT2D eigenvalue weighted by Crippen LogP contribution is -2.39. The van der Waals surface area contributed by atoms with Gasteiger partial charge in [-0.15, -0.1) is 11.3 Å². The van der Waals surface area contributed by atoms with Gasteiger partial charge in [-0.3, -0.25) is 4.79 Å². The quantitative estimate of drug-likeness (QED) is 0.310. The van der Waals surface area contributed by atoms with Crippen molar-refractivity contribution in [1.82, 2.24) is 10.3 Å². The second-order valence-corrected chi connectivity index (χ2v) is 5.76. The summed E-state index contributed by atoms with van der Waals surface area (Å²) in [7, 11) is 0. The zero-order valence-electron chi connectivity index (χ0n) is 12.1. The molecule has 1 amide bonds. The average Bonchev–Trinajstić information content (AvgIpc) is 2.92. The molecule has 6 nitrogen and oxygen atoms in total. The van der Waals surface area contributed by atoms with Crippen molar-refractivity contribution in [3.05, 3.63) is 16.1 Å². The molecule has 0 aliphatic rings. The average molecular weight is 298 g/mol. The van der Waals surface area contributed by atoms with Crippen molar-refractivity contribution in [1.29, 1.82) is 0 Å². The highest BCUT2D eigenvalue weighted by Gasteiger charge is 2.24. The summed E-state index contributed by atoms with van der Waals surface area (Å²) in [5.41, 5.74) is 5.57. The molecule has 0 bridgehead atoms. The number of aryl methyl sites for hydroxylation is 1. The summed E-state index contributed by atoms with van der Waals surface area (Å²) >= 11 is 1.59. The van der Waals surface area contributed by atoms with E-state index in [0.717, 1.165) is 17.8 Å². The first kappa shape index (κ1) is 16.4. The van der Waals surface area contributed by atoms with E-state index in [4.69, 9.17) is 10.9 Å². The van der Waals surface area contributed by atoms with E-state index in [0.29, 0.717) is 6.42 Å². The van der Waals surface area contributed by atoms with E-state index in [-0.39, 0.29) is 17.8 Å². The van der Waals surface area contributed by atoms with E-state index in [1.54, 1.807) is 11.3 Å². The van der Waals surface area contributed by atoms with E-state index in [1.807, 2.05) is 20.0 Å². The highest BCUT2D eigenvalue weighted by Crippen LogP contribution is 2.21. The lowest BCUT2D eigenvalue weighted by molar-refractivity contribution is -0.123. The molecule has 112 valence electrons. The molecule has 0 aliphatic heterocycles. The van der Waals surface area contributed by atoms with Gasteiger partial charge in [-0.1, -0.05) is 25.4 Å². The number of hydrogen-bond acceptors (Lipinski definition) is 5. The molecular weight excluding hydrogens is 276 g/mol. The Morgan fingerprint density at radius 1 is 1.60 bits per heavy atom. The van der Waals surface area contributed by atoms with Gasteiger partial charge in [-0.2, -0.15) is 0 Å². The largest absolute Gasteiger partial charge is 0.409 e. The maximum Gasteiger partial charge on any atom is 0.231 e. The van der Waals surface area contributed by atoms with Crippen molar-refractivity contribution >= 4 is 23.1 Å². The first-order valence-electron chi connectivity index (χ1n) is 6.75. The normalized spacial score (nSPS) is 14.8. The second kappa shape index (κ2) is 7.84. The zero-order valence-corrected chi connectivity index (χ0v) is 12.9. The van der Waals surface area contributed by atoms with Gasteiger partial charge in [0.2, 0.25) is 5.91 Å². The van der Waals surface area contributed by atoms with Crippen molar-refractivity contribution < 1.29 is 10.0 Å². The number of nitrogens with one attached hydrogen (secondary N) is 1. The van der Waals surface area contributed by atoms with E-state index in [1.165, 1.54) is 4.88 Å². The molecule has 0 aromatic carbocycles. The Labute approximate surface area is 123 Å². The molecule has 2 atom stereocenters. The van der Waals surface area contributed by atoms with Gasteiger partial charge < -0.3 is 16.3 Å². The molecule has 1 aromatic heterocycles. The Kier molecular flexibility index (Phi) is 6.44. The zero-order chi connectivity index (χ0) is 15.1. The molecule has 2 unspecified atom stereocenters. The minimum absolute atomic E-state index is 0.0510. The first-order valence-corrected chi connectivity index (χ1v) is 7.57. The van der Waals surface area contributed by atoms with Gasteiger partial charge in [0.25, 0.3) is 0 Å². The Bertz CT molecular complexity index is 473. The summed E-state index contributed by atoms with van der Waals surface area (Å²) in [6, 6.07) is -0.182. The third-order valence-corrected chi connectivity index (χ3v) is 4.34. The molecule has 0 spiro atoms. The van der Waals surface area contributed by atoms with Crippen molar-refractivity contribution in [2.24, 2.45) is 16.8 Å². The van der Waals surface area contributed by atoms with E-state index in [9.17, 15) is 4.79 Å². The van der Waals surface area contributed by atoms with Gasteiger partial charge in [0.1, 0.15) is 5.01 Å². The Morgan fingerprint density at radius 2 is 2.30 bits per heavy atom.